The summed E-state index contributed by atoms with van der Waals surface area (Å²) in [5.41, 5.74) is 1.82. The van der Waals surface area contributed by atoms with Crippen molar-refractivity contribution < 1.29 is 14.3 Å². The van der Waals surface area contributed by atoms with Crippen molar-refractivity contribution in [3.05, 3.63) is 54.4 Å². The van der Waals surface area contributed by atoms with E-state index in [1.165, 1.54) is 19.3 Å². The maximum absolute atomic E-state index is 13.1. The molecule has 0 N–H and O–H groups in total. The van der Waals surface area contributed by atoms with Crippen LogP contribution in [0.3, 0.4) is 0 Å². The second kappa shape index (κ2) is 9.20. The lowest BCUT2D eigenvalue weighted by atomic mass is 9.94. The first-order valence-electron chi connectivity index (χ1n) is 10.6. The summed E-state index contributed by atoms with van der Waals surface area (Å²) in [4.78, 5) is 19.7. The zero-order valence-corrected chi connectivity index (χ0v) is 17.7. The van der Waals surface area contributed by atoms with Crippen molar-refractivity contribution in [2.75, 3.05) is 14.2 Å². The molecule has 1 saturated carbocycles. The lowest BCUT2D eigenvalue weighted by molar-refractivity contribution is -0.133. The summed E-state index contributed by atoms with van der Waals surface area (Å²) < 4.78 is 13.2. The minimum atomic E-state index is 0.118. The molecular weight excluding hydrogens is 378 g/mol. The van der Waals surface area contributed by atoms with Crippen LogP contribution in [0.1, 0.15) is 37.9 Å². The van der Waals surface area contributed by atoms with Crippen LogP contribution in [0.2, 0.25) is 0 Å². The van der Waals surface area contributed by atoms with E-state index in [2.05, 4.69) is 0 Å². The molecule has 0 unspecified atom stereocenters. The SMILES string of the molecule is COc1cccc(OCc2nc3ccccc3n2CC(=O)N(C)C2CCCCC2)c1. The Hall–Kier alpha value is -3.02. The van der Waals surface area contributed by atoms with E-state index in [1.54, 1.807) is 7.11 Å². The molecule has 0 atom stereocenters. The zero-order chi connectivity index (χ0) is 20.9. The van der Waals surface area contributed by atoms with Gasteiger partial charge in [-0.15, -0.1) is 0 Å². The van der Waals surface area contributed by atoms with Gasteiger partial charge in [0.05, 0.1) is 18.1 Å². The molecule has 1 heterocycles. The Morgan fingerprint density at radius 2 is 1.87 bits per heavy atom. The number of carbonyl (C=O) groups is 1. The summed E-state index contributed by atoms with van der Waals surface area (Å²) in [6.07, 6.45) is 5.87. The summed E-state index contributed by atoms with van der Waals surface area (Å²) in [6, 6.07) is 15.7. The predicted octanol–water partition coefficient (Wildman–Crippen LogP) is 4.42. The molecule has 6 nitrogen and oxygen atoms in total. The number of likely N-dealkylation sites (N-methyl/N-ethyl adjacent to an activating group) is 1. The molecule has 0 aliphatic heterocycles. The maximum atomic E-state index is 13.1. The first-order valence-corrected chi connectivity index (χ1v) is 10.6. The van der Waals surface area contributed by atoms with E-state index in [0.29, 0.717) is 11.8 Å². The molecule has 0 bridgehead atoms. The number of fused-ring (bicyclic) bond motifs is 1. The number of hydrogen-bond donors (Lipinski definition) is 0. The number of para-hydroxylation sites is 2. The van der Waals surface area contributed by atoms with Gasteiger partial charge in [0, 0.05) is 19.2 Å². The monoisotopic (exact) mass is 407 g/mol. The number of carbonyl (C=O) groups excluding carboxylic acids is 1. The fraction of sp³-hybridized carbons (Fsp3) is 0.417. The van der Waals surface area contributed by atoms with Crippen molar-refractivity contribution in [3.8, 4) is 11.5 Å². The van der Waals surface area contributed by atoms with Gasteiger partial charge in [-0.3, -0.25) is 4.79 Å². The molecule has 0 saturated heterocycles. The van der Waals surface area contributed by atoms with Crippen molar-refractivity contribution >= 4 is 16.9 Å². The standard InChI is InChI=1S/C24H29N3O3/c1-26(18-9-4-3-5-10-18)24(28)16-27-22-14-7-6-13-21(22)25-23(27)17-30-20-12-8-11-19(15-20)29-2/h6-8,11-15,18H,3-5,9-10,16-17H2,1-2H3. The van der Waals surface area contributed by atoms with Crippen molar-refractivity contribution in [2.24, 2.45) is 0 Å². The average Bonchev–Trinajstić information content (AvgIpc) is 3.15. The molecular formula is C24H29N3O3. The highest BCUT2D eigenvalue weighted by Crippen LogP contribution is 2.24. The lowest BCUT2D eigenvalue weighted by Gasteiger charge is -2.31. The second-order valence-corrected chi connectivity index (χ2v) is 7.87. The zero-order valence-electron chi connectivity index (χ0n) is 17.7. The van der Waals surface area contributed by atoms with Crippen molar-refractivity contribution in [2.45, 2.75) is 51.3 Å². The van der Waals surface area contributed by atoms with Crippen molar-refractivity contribution in [1.82, 2.24) is 14.5 Å². The van der Waals surface area contributed by atoms with Crippen molar-refractivity contribution in [1.29, 1.82) is 0 Å². The Bertz CT molecular complexity index is 1010. The summed E-state index contributed by atoms with van der Waals surface area (Å²) in [6.45, 7) is 0.548. The van der Waals surface area contributed by atoms with Gasteiger partial charge < -0.3 is 18.9 Å². The molecule has 6 heteroatoms. The van der Waals surface area contributed by atoms with Gasteiger partial charge in [0.15, 0.2) is 0 Å². The van der Waals surface area contributed by atoms with Gasteiger partial charge in [-0.25, -0.2) is 4.98 Å². The number of rotatable bonds is 7. The molecule has 1 fully saturated rings. The number of amides is 1. The summed E-state index contributed by atoms with van der Waals surface area (Å²) in [5.74, 6) is 2.31. The Kier molecular flexibility index (Phi) is 6.21. The van der Waals surface area contributed by atoms with Gasteiger partial charge in [-0.05, 0) is 37.1 Å². The van der Waals surface area contributed by atoms with Crippen LogP contribution in [0, 0.1) is 0 Å². The Balaban J connectivity index is 1.54. The third-order valence-corrected chi connectivity index (χ3v) is 5.95. The van der Waals surface area contributed by atoms with Crippen LogP contribution in [-0.2, 0) is 17.9 Å². The van der Waals surface area contributed by atoms with Gasteiger partial charge in [0.1, 0.15) is 30.5 Å². The average molecular weight is 408 g/mol. The summed E-state index contributed by atoms with van der Waals surface area (Å²) in [5, 5.41) is 0. The largest absolute Gasteiger partial charge is 0.497 e. The normalized spacial score (nSPS) is 14.6. The first kappa shape index (κ1) is 20.3. The third-order valence-electron chi connectivity index (χ3n) is 5.95. The highest BCUT2D eigenvalue weighted by molar-refractivity contribution is 5.81. The van der Waals surface area contributed by atoms with Crippen LogP contribution in [0.25, 0.3) is 11.0 Å². The molecule has 1 aliphatic carbocycles. The van der Waals surface area contributed by atoms with Gasteiger partial charge in [-0.1, -0.05) is 37.5 Å². The highest BCUT2D eigenvalue weighted by Gasteiger charge is 2.23. The van der Waals surface area contributed by atoms with Crippen LogP contribution >= 0.6 is 0 Å². The molecule has 1 aromatic heterocycles. The first-order chi connectivity index (χ1) is 14.7. The van der Waals surface area contributed by atoms with Gasteiger partial charge in [-0.2, -0.15) is 0 Å². The number of hydrogen-bond acceptors (Lipinski definition) is 4. The molecule has 4 rings (SSSR count). The van der Waals surface area contributed by atoms with E-state index in [4.69, 9.17) is 14.5 Å². The van der Waals surface area contributed by atoms with E-state index in [0.717, 1.165) is 35.4 Å². The number of imidazole rings is 1. The number of methoxy groups -OCH3 is 1. The van der Waals surface area contributed by atoms with Gasteiger partial charge >= 0.3 is 0 Å². The smallest absolute Gasteiger partial charge is 0.242 e. The molecule has 1 amide bonds. The van der Waals surface area contributed by atoms with E-state index in [1.807, 2.05) is 65.0 Å². The van der Waals surface area contributed by atoms with E-state index >= 15 is 0 Å². The van der Waals surface area contributed by atoms with Crippen LogP contribution in [0.5, 0.6) is 11.5 Å². The Morgan fingerprint density at radius 1 is 1.10 bits per heavy atom. The quantitative estimate of drug-likeness (QED) is 0.582. The fourth-order valence-corrected chi connectivity index (χ4v) is 4.17. The number of benzene rings is 2. The molecule has 30 heavy (non-hydrogen) atoms. The molecule has 2 aromatic carbocycles. The number of aromatic nitrogens is 2. The highest BCUT2D eigenvalue weighted by atomic mass is 16.5. The van der Waals surface area contributed by atoms with Gasteiger partial charge in [0.25, 0.3) is 0 Å². The maximum Gasteiger partial charge on any atom is 0.242 e. The van der Waals surface area contributed by atoms with E-state index in [-0.39, 0.29) is 19.1 Å². The third kappa shape index (κ3) is 4.42. The minimum Gasteiger partial charge on any atom is -0.497 e. The molecule has 0 radical (unpaired) electrons. The van der Waals surface area contributed by atoms with Crippen LogP contribution < -0.4 is 9.47 Å². The molecule has 1 aliphatic rings. The van der Waals surface area contributed by atoms with Gasteiger partial charge in [0.2, 0.25) is 5.91 Å². The molecule has 158 valence electrons. The predicted molar refractivity (Wildman–Crippen MR) is 117 cm³/mol. The van der Waals surface area contributed by atoms with E-state index < -0.39 is 0 Å². The second-order valence-electron chi connectivity index (χ2n) is 7.87. The van der Waals surface area contributed by atoms with Crippen LogP contribution in [0.4, 0.5) is 0 Å². The minimum absolute atomic E-state index is 0.118. The topological polar surface area (TPSA) is 56.6 Å². The number of ether oxygens (including phenoxy) is 2. The molecule has 0 spiro atoms. The van der Waals surface area contributed by atoms with Crippen molar-refractivity contribution in [3.63, 3.8) is 0 Å². The van der Waals surface area contributed by atoms with Crippen LogP contribution in [-0.4, -0.2) is 40.6 Å². The fourth-order valence-electron chi connectivity index (χ4n) is 4.17. The van der Waals surface area contributed by atoms with E-state index in [9.17, 15) is 4.79 Å². The summed E-state index contributed by atoms with van der Waals surface area (Å²) >= 11 is 0. The lowest BCUT2D eigenvalue weighted by Crippen LogP contribution is -2.40. The van der Waals surface area contributed by atoms with Crippen LogP contribution in [0.15, 0.2) is 48.5 Å². The Labute approximate surface area is 177 Å². The molecule has 3 aromatic rings. The Morgan fingerprint density at radius 3 is 2.67 bits per heavy atom. The number of nitrogens with zero attached hydrogens (tertiary/aromatic N) is 3. The summed E-state index contributed by atoms with van der Waals surface area (Å²) in [7, 11) is 3.57.